The Labute approximate surface area is 101 Å². The van der Waals surface area contributed by atoms with Crippen LogP contribution in [0.5, 0.6) is 0 Å². The fraction of sp³-hybridized carbons (Fsp3) is 0.231. The summed E-state index contributed by atoms with van der Waals surface area (Å²) in [6.45, 7) is 5.61. The average Bonchev–Trinajstić information content (AvgIpc) is 2.28. The van der Waals surface area contributed by atoms with Crippen molar-refractivity contribution in [3.05, 3.63) is 52.3 Å². The number of nitrogens with zero attached hydrogens (tertiary/aromatic N) is 1. The van der Waals surface area contributed by atoms with Gasteiger partial charge in [0.25, 0.3) is 0 Å². The van der Waals surface area contributed by atoms with Gasteiger partial charge < -0.3 is 0 Å². The van der Waals surface area contributed by atoms with E-state index < -0.39 is 0 Å². The highest BCUT2D eigenvalue weighted by molar-refractivity contribution is 6.33. The van der Waals surface area contributed by atoms with Crippen molar-refractivity contribution in [3.8, 4) is 0 Å². The van der Waals surface area contributed by atoms with Crippen LogP contribution in [0, 0.1) is 0 Å². The molecule has 1 aromatic rings. The number of carbonyl (C=O) groups is 1. The molecule has 16 heavy (non-hydrogen) atoms. The molecule has 0 unspecified atom stereocenters. The molecule has 1 heterocycles. The van der Waals surface area contributed by atoms with E-state index in [0.717, 1.165) is 5.57 Å². The maximum Gasteiger partial charge on any atom is 0.192 e. The SMILES string of the molecule is C/C=C\C(C)=C(/C)C(=O)c1cccnc1Cl. The molecule has 0 aliphatic rings. The minimum Gasteiger partial charge on any atom is -0.289 e. The van der Waals surface area contributed by atoms with E-state index in [4.69, 9.17) is 11.6 Å². The normalized spacial score (nSPS) is 12.8. The Morgan fingerprint density at radius 2 is 2.12 bits per heavy atom. The highest BCUT2D eigenvalue weighted by atomic mass is 35.5. The topological polar surface area (TPSA) is 30.0 Å². The van der Waals surface area contributed by atoms with Gasteiger partial charge in [-0.25, -0.2) is 4.98 Å². The van der Waals surface area contributed by atoms with E-state index in [1.54, 1.807) is 25.3 Å². The van der Waals surface area contributed by atoms with Gasteiger partial charge in [0.1, 0.15) is 5.15 Å². The zero-order valence-electron chi connectivity index (χ0n) is 9.62. The van der Waals surface area contributed by atoms with Gasteiger partial charge in [0, 0.05) is 6.20 Å². The smallest absolute Gasteiger partial charge is 0.192 e. The van der Waals surface area contributed by atoms with E-state index in [0.29, 0.717) is 11.1 Å². The zero-order chi connectivity index (χ0) is 12.1. The molecule has 0 aromatic carbocycles. The lowest BCUT2D eigenvalue weighted by Gasteiger charge is -2.04. The zero-order valence-corrected chi connectivity index (χ0v) is 10.4. The molecule has 84 valence electrons. The van der Waals surface area contributed by atoms with Gasteiger partial charge in [0.15, 0.2) is 5.78 Å². The molecule has 0 aliphatic heterocycles. The number of halogens is 1. The Morgan fingerprint density at radius 1 is 1.44 bits per heavy atom. The molecule has 1 aromatic heterocycles. The maximum atomic E-state index is 12.1. The third-order valence-electron chi connectivity index (χ3n) is 2.35. The van der Waals surface area contributed by atoms with Gasteiger partial charge in [0.05, 0.1) is 5.56 Å². The van der Waals surface area contributed by atoms with Crippen molar-refractivity contribution in [2.24, 2.45) is 0 Å². The molecular formula is C13H14ClNO. The van der Waals surface area contributed by atoms with E-state index in [9.17, 15) is 4.79 Å². The molecule has 0 bridgehead atoms. The second kappa shape index (κ2) is 5.61. The summed E-state index contributed by atoms with van der Waals surface area (Å²) in [4.78, 5) is 16.0. The van der Waals surface area contributed by atoms with Crippen molar-refractivity contribution in [3.63, 3.8) is 0 Å². The Bertz CT molecular complexity index is 461. The van der Waals surface area contributed by atoms with Crippen LogP contribution < -0.4 is 0 Å². The summed E-state index contributed by atoms with van der Waals surface area (Å²) in [5.74, 6) is -0.0753. The lowest BCUT2D eigenvalue weighted by molar-refractivity contribution is 0.103. The number of allylic oxidation sites excluding steroid dienone is 4. The molecule has 2 nitrogen and oxygen atoms in total. The first-order valence-corrected chi connectivity index (χ1v) is 5.41. The predicted octanol–water partition coefficient (Wildman–Crippen LogP) is 3.83. The first kappa shape index (κ1) is 12.7. The van der Waals surface area contributed by atoms with Gasteiger partial charge in [-0.1, -0.05) is 23.8 Å². The molecule has 0 saturated heterocycles. The Kier molecular flexibility index (Phi) is 4.44. The molecule has 0 fully saturated rings. The molecule has 3 heteroatoms. The monoisotopic (exact) mass is 235 g/mol. The number of carbonyl (C=O) groups excluding carboxylic acids is 1. The number of hydrogen-bond donors (Lipinski definition) is 0. The number of ketones is 1. The van der Waals surface area contributed by atoms with E-state index in [2.05, 4.69) is 4.98 Å². The lowest BCUT2D eigenvalue weighted by atomic mass is 10.0. The van der Waals surface area contributed by atoms with E-state index >= 15 is 0 Å². The van der Waals surface area contributed by atoms with Crippen LogP contribution in [-0.4, -0.2) is 10.8 Å². The first-order chi connectivity index (χ1) is 7.57. The van der Waals surface area contributed by atoms with Gasteiger partial charge in [-0.15, -0.1) is 0 Å². The van der Waals surface area contributed by atoms with Crippen LogP contribution in [-0.2, 0) is 0 Å². The van der Waals surface area contributed by atoms with Crippen LogP contribution in [0.3, 0.4) is 0 Å². The third kappa shape index (κ3) is 2.80. The van der Waals surface area contributed by atoms with Crippen LogP contribution in [0.2, 0.25) is 5.15 Å². The summed E-state index contributed by atoms with van der Waals surface area (Å²) in [5, 5.41) is 0.250. The summed E-state index contributed by atoms with van der Waals surface area (Å²) >= 11 is 5.87. The summed E-state index contributed by atoms with van der Waals surface area (Å²) < 4.78 is 0. The Balaban J connectivity index is 3.13. The molecule has 0 amide bonds. The molecule has 0 N–H and O–H groups in total. The maximum absolute atomic E-state index is 12.1. The summed E-state index contributed by atoms with van der Waals surface area (Å²) in [7, 11) is 0. The van der Waals surface area contributed by atoms with Gasteiger partial charge >= 0.3 is 0 Å². The minimum absolute atomic E-state index is 0.0753. The minimum atomic E-state index is -0.0753. The summed E-state index contributed by atoms with van der Waals surface area (Å²) in [5.41, 5.74) is 2.07. The van der Waals surface area contributed by atoms with Gasteiger partial charge in [-0.2, -0.15) is 0 Å². The molecule has 0 atom stereocenters. The number of hydrogen-bond acceptors (Lipinski definition) is 2. The van der Waals surface area contributed by atoms with E-state index in [1.807, 2.05) is 26.0 Å². The third-order valence-corrected chi connectivity index (χ3v) is 2.65. The summed E-state index contributed by atoms with van der Waals surface area (Å²) in [6, 6.07) is 3.39. The Hall–Kier alpha value is -1.41. The van der Waals surface area contributed by atoms with Crippen LogP contribution in [0.25, 0.3) is 0 Å². The van der Waals surface area contributed by atoms with Crippen LogP contribution in [0.15, 0.2) is 41.6 Å². The fourth-order valence-corrected chi connectivity index (χ4v) is 1.52. The quantitative estimate of drug-likeness (QED) is 0.345. The van der Waals surface area contributed by atoms with Crippen molar-refractivity contribution in [2.75, 3.05) is 0 Å². The number of aromatic nitrogens is 1. The highest BCUT2D eigenvalue weighted by Gasteiger charge is 2.13. The van der Waals surface area contributed by atoms with Crippen LogP contribution in [0.1, 0.15) is 31.1 Å². The second-order valence-corrected chi connectivity index (χ2v) is 3.84. The largest absolute Gasteiger partial charge is 0.289 e. The number of pyridine rings is 1. The number of Topliss-reactive ketones (excluding diaryl/α,β-unsaturated/α-hetero) is 1. The lowest BCUT2D eigenvalue weighted by Crippen LogP contribution is -2.04. The van der Waals surface area contributed by atoms with Crippen molar-refractivity contribution in [1.29, 1.82) is 0 Å². The second-order valence-electron chi connectivity index (χ2n) is 3.48. The molecular weight excluding hydrogens is 222 g/mol. The standard InChI is InChI=1S/C13H14ClNO/c1-4-6-9(2)10(3)12(16)11-7-5-8-15-13(11)14/h4-8H,1-3H3/b6-4-,10-9+. The van der Waals surface area contributed by atoms with Gasteiger partial charge in [0.2, 0.25) is 0 Å². The Morgan fingerprint density at radius 3 is 2.69 bits per heavy atom. The van der Waals surface area contributed by atoms with Crippen LogP contribution in [0.4, 0.5) is 0 Å². The molecule has 0 saturated carbocycles. The van der Waals surface area contributed by atoms with Crippen molar-refractivity contribution < 1.29 is 4.79 Å². The summed E-state index contributed by atoms with van der Waals surface area (Å²) in [6.07, 6.45) is 5.37. The van der Waals surface area contributed by atoms with Crippen molar-refractivity contribution in [2.45, 2.75) is 20.8 Å². The van der Waals surface area contributed by atoms with E-state index in [1.165, 1.54) is 0 Å². The fourth-order valence-electron chi connectivity index (χ4n) is 1.31. The molecule has 0 spiro atoms. The van der Waals surface area contributed by atoms with Crippen LogP contribution >= 0.6 is 11.6 Å². The first-order valence-electron chi connectivity index (χ1n) is 5.03. The van der Waals surface area contributed by atoms with E-state index in [-0.39, 0.29) is 10.9 Å². The van der Waals surface area contributed by atoms with Crippen molar-refractivity contribution >= 4 is 17.4 Å². The van der Waals surface area contributed by atoms with Gasteiger partial charge in [-0.3, -0.25) is 4.79 Å². The van der Waals surface area contributed by atoms with Gasteiger partial charge in [-0.05, 0) is 44.1 Å². The average molecular weight is 236 g/mol. The van der Waals surface area contributed by atoms with Crippen molar-refractivity contribution in [1.82, 2.24) is 4.98 Å². The molecule has 0 aliphatic carbocycles. The highest BCUT2D eigenvalue weighted by Crippen LogP contribution is 2.18. The number of rotatable bonds is 3. The molecule has 0 radical (unpaired) electrons. The predicted molar refractivity (Wildman–Crippen MR) is 66.8 cm³/mol. The molecule has 1 rings (SSSR count).